The van der Waals surface area contributed by atoms with Crippen LogP contribution in [0.5, 0.6) is 5.88 Å². The molecule has 0 saturated heterocycles. The number of nitrogens with one attached hydrogen (secondary N) is 2. The van der Waals surface area contributed by atoms with Gasteiger partial charge >= 0.3 is 12.3 Å². The Balaban J connectivity index is 1.83. The quantitative estimate of drug-likeness (QED) is 0.726. The molecule has 0 bridgehead atoms. The van der Waals surface area contributed by atoms with Crippen LogP contribution in [0.25, 0.3) is 10.2 Å². The van der Waals surface area contributed by atoms with E-state index in [4.69, 9.17) is 9.47 Å². The van der Waals surface area contributed by atoms with Crippen LogP contribution >= 0.6 is 11.3 Å². The van der Waals surface area contributed by atoms with Crippen LogP contribution in [-0.2, 0) is 10.9 Å². The molecular formula is C19H22F3N3O4S. The van der Waals surface area contributed by atoms with E-state index in [2.05, 4.69) is 15.6 Å². The van der Waals surface area contributed by atoms with Crippen molar-refractivity contribution in [3.8, 4) is 5.88 Å². The highest BCUT2D eigenvalue weighted by Crippen LogP contribution is 2.43. The van der Waals surface area contributed by atoms with Crippen LogP contribution in [0.1, 0.15) is 48.2 Å². The molecular weight excluding hydrogens is 423 g/mol. The van der Waals surface area contributed by atoms with Gasteiger partial charge in [0.25, 0.3) is 5.91 Å². The van der Waals surface area contributed by atoms with Crippen molar-refractivity contribution in [2.75, 3.05) is 7.05 Å². The van der Waals surface area contributed by atoms with Crippen molar-refractivity contribution < 1.29 is 32.2 Å². The standard InChI is InChI=1S/C19H22F3N3O4S/c1-8(2)24-18(27)29-11-5-10(6-11)28-17-9(3)13(19(20,21)22)15-14(25-17)12(7-30-15)16(26)23-4/h7-8,10-11H,5-6H2,1-4H3,(H,23,26)(H,24,27). The number of nitrogens with zero attached hydrogens (tertiary/aromatic N) is 1. The lowest BCUT2D eigenvalue weighted by atomic mass is 9.92. The first-order chi connectivity index (χ1) is 14.0. The largest absolute Gasteiger partial charge is 0.474 e. The van der Waals surface area contributed by atoms with Gasteiger partial charge in [-0.2, -0.15) is 13.2 Å². The lowest BCUT2D eigenvalue weighted by molar-refractivity contribution is -0.136. The molecule has 2 N–H and O–H groups in total. The Morgan fingerprint density at radius 2 is 1.93 bits per heavy atom. The minimum absolute atomic E-state index is 0.0456. The van der Waals surface area contributed by atoms with Crippen molar-refractivity contribution in [2.45, 2.75) is 58.0 Å². The molecule has 2 amide bonds. The Morgan fingerprint density at radius 3 is 2.50 bits per heavy atom. The first-order valence-electron chi connectivity index (χ1n) is 9.36. The van der Waals surface area contributed by atoms with Crippen LogP contribution in [0.15, 0.2) is 5.38 Å². The molecule has 0 aliphatic heterocycles. The molecule has 1 aliphatic carbocycles. The van der Waals surface area contributed by atoms with E-state index in [1.165, 1.54) is 19.4 Å². The van der Waals surface area contributed by atoms with Crippen molar-refractivity contribution >= 4 is 33.6 Å². The summed E-state index contributed by atoms with van der Waals surface area (Å²) < 4.78 is 52.1. The number of pyridine rings is 1. The Bertz CT molecular complexity index is 968. The zero-order chi connectivity index (χ0) is 22.2. The summed E-state index contributed by atoms with van der Waals surface area (Å²) >= 11 is 0.821. The summed E-state index contributed by atoms with van der Waals surface area (Å²) in [5.41, 5.74) is -0.975. The van der Waals surface area contributed by atoms with E-state index < -0.39 is 29.8 Å². The summed E-state index contributed by atoms with van der Waals surface area (Å²) in [5, 5.41) is 6.36. The molecule has 0 spiro atoms. The molecule has 2 aromatic heterocycles. The first kappa shape index (κ1) is 22.1. The van der Waals surface area contributed by atoms with Gasteiger partial charge in [-0.15, -0.1) is 11.3 Å². The maximum Gasteiger partial charge on any atom is 0.418 e. The van der Waals surface area contributed by atoms with Gasteiger partial charge in [0.2, 0.25) is 5.88 Å². The molecule has 2 heterocycles. The van der Waals surface area contributed by atoms with E-state index in [1.807, 2.05) is 0 Å². The molecule has 1 fully saturated rings. The van der Waals surface area contributed by atoms with Gasteiger partial charge in [0.15, 0.2) is 0 Å². The summed E-state index contributed by atoms with van der Waals surface area (Å²) in [4.78, 5) is 27.9. The van der Waals surface area contributed by atoms with Crippen LogP contribution in [-0.4, -0.2) is 42.3 Å². The van der Waals surface area contributed by atoms with Gasteiger partial charge in [-0.1, -0.05) is 0 Å². The van der Waals surface area contributed by atoms with Crippen molar-refractivity contribution in [3.63, 3.8) is 0 Å². The molecule has 1 saturated carbocycles. The van der Waals surface area contributed by atoms with Crippen molar-refractivity contribution in [3.05, 3.63) is 22.1 Å². The highest BCUT2D eigenvalue weighted by atomic mass is 32.1. The van der Waals surface area contributed by atoms with E-state index in [0.29, 0.717) is 12.8 Å². The molecule has 3 rings (SSSR count). The third-order valence-electron chi connectivity index (χ3n) is 4.67. The topological polar surface area (TPSA) is 89.5 Å². The molecule has 0 aromatic carbocycles. The Morgan fingerprint density at radius 1 is 1.27 bits per heavy atom. The Hall–Kier alpha value is -2.56. The average Bonchev–Trinajstić information content (AvgIpc) is 3.00. The highest BCUT2D eigenvalue weighted by molar-refractivity contribution is 7.17. The van der Waals surface area contributed by atoms with Gasteiger partial charge in [-0.25, -0.2) is 9.78 Å². The number of rotatable bonds is 5. The summed E-state index contributed by atoms with van der Waals surface area (Å²) in [6.07, 6.45) is -5.29. The van der Waals surface area contributed by atoms with E-state index in [0.717, 1.165) is 11.3 Å². The van der Waals surface area contributed by atoms with E-state index >= 15 is 0 Å². The number of alkyl halides is 3. The molecule has 2 aromatic rings. The van der Waals surface area contributed by atoms with Gasteiger partial charge in [0.1, 0.15) is 12.2 Å². The van der Waals surface area contributed by atoms with Crippen LogP contribution in [0.4, 0.5) is 18.0 Å². The second kappa shape index (κ2) is 8.29. The van der Waals surface area contributed by atoms with Crippen LogP contribution < -0.4 is 15.4 Å². The Labute approximate surface area is 174 Å². The van der Waals surface area contributed by atoms with Gasteiger partial charge in [-0.3, -0.25) is 4.79 Å². The van der Waals surface area contributed by atoms with Gasteiger partial charge in [-0.05, 0) is 20.8 Å². The second-order valence-electron chi connectivity index (χ2n) is 7.36. The second-order valence-corrected chi connectivity index (χ2v) is 8.24. The SMILES string of the molecule is CNC(=O)c1csc2c(C(F)(F)F)c(C)c(OC3CC(OC(=O)NC(C)C)C3)nc12. The van der Waals surface area contributed by atoms with Crippen molar-refractivity contribution in [1.29, 1.82) is 0 Å². The lowest BCUT2D eigenvalue weighted by Gasteiger charge is -2.34. The lowest BCUT2D eigenvalue weighted by Crippen LogP contribution is -2.43. The number of hydrogen-bond donors (Lipinski definition) is 2. The number of carbonyl (C=O) groups is 2. The molecule has 11 heteroatoms. The van der Waals surface area contributed by atoms with Crippen molar-refractivity contribution in [2.24, 2.45) is 0 Å². The average molecular weight is 445 g/mol. The molecule has 0 atom stereocenters. The van der Waals surface area contributed by atoms with E-state index in [1.54, 1.807) is 13.8 Å². The number of ether oxygens (including phenoxy) is 2. The predicted octanol–water partition coefficient (Wildman–Crippen LogP) is 4.03. The number of halogens is 3. The smallest absolute Gasteiger partial charge is 0.418 e. The van der Waals surface area contributed by atoms with Crippen LogP contribution in [0, 0.1) is 6.92 Å². The number of aromatic nitrogens is 1. The van der Waals surface area contributed by atoms with Gasteiger partial charge in [0, 0.05) is 36.9 Å². The predicted molar refractivity (Wildman–Crippen MR) is 105 cm³/mol. The number of hydrogen-bond acceptors (Lipinski definition) is 6. The zero-order valence-corrected chi connectivity index (χ0v) is 17.7. The summed E-state index contributed by atoms with van der Waals surface area (Å²) in [6.45, 7) is 4.90. The third kappa shape index (κ3) is 4.45. The monoisotopic (exact) mass is 445 g/mol. The van der Waals surface area contributed by atoms with E-state index in [-0.39, 0.29) is 39.4 Å². The summed E-state index contributed by atoms with van der Waals surface area (Å²) in [5.74, 6) is -0.696. The fourth-order valence-electron chi connectivity index (χ4n) is 3.14. The maximum atomic E-state index is 13.8. The molecule has 164 valence electrons. The maximum absolute atomic E-state index is 13.8. The molecule has 1 aliphatic rings. The molecule has 0 radical (unpaired) electrons. The molecule has 30 heavy (non-hydrogen) atoms. The van der Waals surface area contributed by atoms with Gasteiger partial charge in [0.05, 0.1) is 21.3 Å². The van der Waals surface area contributed by atoms with Crippen LogP contribution in [0.3, 0.4) is 0 Å². The fraction of sp³-hybridized carbons (Fsp3) is 0.526. The number of alkyl carbamates (subject to hydrolysis) is 1. The highest BCUT2D eigenvalue weighted by Gasteiger charge is 2.40. The fourth-order valence-corrected chi connectivity index (χ4v) is 4.25. The summed E-state index contributed by atoms with van der Waals surface area (Å²) in [6, 6.07) is -0.0656. The number of thiophene rings is 1. The van der Waals surface area contributed by atoms with Gasteiger partial charge < -0.3 is 20.1 Å². The molecule has 0 unspecified atom stereocenters. The molecule has 7 nitrogen and oxygen atoms in total. The van der Waals surface area contributed by atoms with Crippen molar-refractivity contribution in [1.82, 2.24) is 15.6 Å². The summed E-state index contributed by atoms with van der Waals surface area (Å²) in [7, 11) is 1.39. The minimum atomic E-state index is -4.63. The third-order valence-corrected chi connectivity index (χ3v) is 5.65. The normalized spacial score (nSPS) is 18.8. The number of amides is 2. The minimum Gasteiger partial charge on any atom is -0.474 e. The zero-order valence-electron chi connectivity index (χ0n) is 16.8. The van der Waals surface area contributed by atoms with E-state index in [9.17, 15) is 22.8 Å². The number of carbonyl (C=O) groups excluding carboxylic acids is 2. The first-order valence-corrected chi connectivity index (χ1v) is 10.2. The van der Waals surface area contributed by atoms with Crippen LogP contribution in [0.2, 0.25) is 0 Å². The Kier molecular flexibility index (Phi) is 6.11. The number of fused-ring (bicyclic) bond motifs is 1.